The van der Waals surface area contributed by atoms with Gasteiger partial charge < -0.3 is 20.2 Å². The first-order valence-corrected chi connectivity index (χ1v) is 16.5. The highest BCUT2D eigenvalue weighted by atomic mass is 35.5. The number of fused-ring (bicyclic) bond motifs is 1. The van der Waals surface area contributed by atoms with Gasteiger partial charge in [-0.2, -0.15) is 5.10 Å². The van der Waals surface area contributed by atoms with Gasteiger partial charge in [0.15, 0.2) is 11.6 Å². The average molecular weight is 645 g/mol. The minimum atomic E-state index is -0.485. The second-order valence-corrected chi connectivity index (χ2v) is 9.64. The Morgan fingerprint density at radius 1 is 1.11 bits per heavy atom. The molecule has 4 aromatic rings. The maximum absolute atomic E-state index is 13.9. The number of nitrogens with two attached hydrogens (primary N) is 1. The molecule has 0 amide bonds. The number of carbonyl (C=O) groups is 1. The Balaban J connectivity index is 0.00000152. The van der Waals surface area contributed by atoms with Crippen LogP contribution in [0.2, 0.25) is 0 Å². The molecule has 0 radical (unpaired) electrons. The van der Waals surface area contributed by atoms with Gasteiger partial charge >= 0.3 is 0 Å². The molecule has 0 fully saturated rings. The molecule has 0 aliphatic rings. The summed E-state index contributed by atoms with van der Waals surface area (Å²) in [6.07, 6.45) is 6.71. The fraction of sp³-hybridized carbons (Fsp3) is 0.364. The second-order valence-electron chi connectivity index (χ2n) is 8.36. The number of rotatable bonds is 11. The van der Waals surface area contributed by atoms with E-state index in [0.29, 0.717) is 17.3 Å². The predicted octanol–water partition coefficient (Wildman–Crippen LogP) is 9.79. The van der Waals surface area contributed by atoms with Crippen molar-refractivity contribution >= 4 is 51.7 Å². The minimum absolute atomic E-state index is 0.0740. The van der Waals surface area contributed by atoms with E-state index in [-0.39, 0.29) is 28.8 Å². The molecule has 0 aliphatic heterocycles. The highest BCUT2D eigenvalue weighted by Gasteiger charge is 2.21. The molecule has 0 unspecified atom stereocenters. The minimum Gasteiger partial charge on any atom is -0.436 e. The number of hydrogen-bond donors (Lipinski definition) is 3. The SMILES string of the molecule is C/C=C(F)\C(=C/C)Oc1cc(C)c(-n2ncc(C(=O)c3cc4ccc(NSCCCCl)cc4[nH]3)c2N)cn1.CC.CC.CC. The molecule has 3 aromatic heterocycles. The van der Waals surface area contributed by atoms with Gasteiger partial charge in [-0.3, -0.25) is 4.79 Å². The number of benzene rings is 1. The number of alkyl halides is 1. The van der Waals surface area contributed by atoms with Gasteiger partial charge in [-0.05, 0) is 63.1 Å². The molecular formula is C33H46ClFN6O2S. The number of halogens is 2. The van der Waals surface area contributed by atoms with Crippen LogP contribution in [0.1, 0.15) is 83.4 Å². The lowest BCUT2D eigenvalue weighted by molar-refractivity contribution is 0.103. The lowest BCUT2D eigenvalue weighted by atomic mass is 10.1. The molecule has 240 valence electrons. The topological polar surface area (TPSA) is 111 Å². The smallest absolute Gasteiger partial charge is 0.219 e. The fourth-order valence-corrected chi connectivity index (χ4v) is 4.72. The molecule has 4 rings (SSSR count). The summed E-state index contributed by atoms with van der Waals surface area (Å²) in [6, 6.07) is 9.30. The van der Waals surface area contributed by atoms with Gasteiger partial charge in [-0.15, -0.1) is 11.6 Å². The maximum Gasteiger partial charge on any atom is 0.219 e. The largest absolute Gasteiger partial charge is 0.436 e. The van der Waals surface area contributed by atoms with Crippen molar-refractivity contribution in [1.82, 2.24) is 19.7 Å². The van der Waals surface area contributed by atoms with Crippen molar-refractivity contribution in [3.8, 4) is 11.6 Å². The first kappa shape index (κ1) is 38.3. The zero-order valence-corrected chi connectivity index (χ0v) is 28.8. The van der Waals surface area contributed by atoms with E-state index in [1.54, 1.807) is 37.9 Å². The summed E-state index contributed by atoms with van der Waals surface area (Å²) in [5.41, 5.74) is 10.1. The van der Waals surface area contributed by atoms with Gasteiger partial charge in [0, 0.05) is 34.3 Å². The Kier molecular flexibility index (Phi) is 17.6. The number of anilines is 2. The number of nitrogen functional groups attached to an aromatic ring is 1. The van der Waals surface area contributed by atoms with E-state index in [0.717, 1.165) is 34.3 Å². The van der Waals surface area contributed by atoms with Crippen LogP contribution in [-0.4, -0.2) is 37.2 Å². The molecule has 8 nitrogen and oxygen atoms in total. The summed E-state index contributed by atoms with van der Waals surface area (Å²) in [4.78, 5) is 20.8. The third-order valence-corrected chi connectivity index (χ3v) is 6.88. The zero-order chi connectivity index (χ0) is 33.2. The molecule has 0 atom stereocenters. The summed E-state index contributed by atoms with van der Waals surface area (Å²) in [7, 11) is 0. The Hall–Kier alpha value is -3.76. The number of pyridine rings is 1. The van der Waals surface area contributed by atoms with Gasteiger partial charge in [0.05, 0.1) is 29.3 Å². The van der Waals surface area contributed by atoms with Crippen LogP contribution in [0.15, 0.2) is 66.5 Å². The van der Waals surface area contributed by atoms with E-state index in [1.165, 1.54) is 29.2 Å². The Morgan fingerprint density at radius 2 is 1.82 bits per heavy atom. The van der Waals surface area contributed by atoms with Crippen molar-refractivity contribution in [3.05, 3.63) is 83.3 Å². The molecule has 3 heterocycles. The molecular weight excluding hydrogens is 599 g/mol. The number of aromatic nitrogens is 4. The van der Waals surface area contributed by atoms with Gasteiger partial charge in [0.1, 0.15) is 5.82 Å². The van der Waals surface area contributed by atoms with E-state index < -0.39 is 5.83 Å². The predicted molar refractivity (Wildman–Crippen MR) is 187 cm³/mol. The van der Waals surface area contributed by atoms with Crippen molar-refractivity contribution in [1.29, 1.82) is 0 Å². The quantitative estimate of drug-likeness (QED) is 0.0372. The number of ketones is 1. The third kappa shape index (κ3) is 9.89. The van der Waals surface area contributed by atoms with Gasteiger partial charge in [-0.1, -0.05) is 59.6 Å². The Labute approximate surface area is 270 Å². The first-order chi connectivity index (χ1) is 21.4. The highest BCUT2D eigenvalue weighted by molar-refractivity contribution is 8.00. The number of hydrogen-bond acceptors (Lipinski definition) is 7. The van der Waals surface area contributed by atoms with Gasteiger partial charge in [0.2, 0.25) is 11.7 Å². The van der Waals surface area contributed by atoms with E-state index >= 15 is 0 Å². The van der Waals surface area contributed by atoms with Crippen molar-refractivity contribution in [3.63, 3.8) is 0 Å². The first-order valence-electron chi connectivity index (χ1n) is 14.9. The number of aryl methyl sites for hydroxylation is 1. The standard InChI is InChI=1S/C27H28ClFN6O2S.3C2H6/c1-4-20(29)24(5-2)37-25-11-16(3)23(15-31-25)35-27(30)19(14-32-35)26(36)22-12-17-7-8-18(13-21(17)33-22)34-38-10-6-9-28;3*1-2/h4-5,7-8,11-15,33-34H,6,9-10,30H2,1-3H3;3*1-2H3/b20-4+,24-5+;;;. The molecule has 0 aliphatic carbocycles. The van der Waals surface area contributed by atoms with E-state index in [2.05, 4.69) is 19.8 Å². The van der Waals surface area contributed by atoms with Crippen molar-refractivity contribution in [2.75, 3.05) is 22.1 Å². The van der Waals surface area contributed by atoms with Crippen LogP contribution >= 0.6 is 23.5 Å². The summed E-state index contributed by atoms with van der Waals surface area (Å²) >= 11 is 7.31. The third-order valence-electron chi connectivity index (χ3n) is 5.74. The molecule has 0 bridgehead atoms. The number of nitrogens with one attached hydrogen (secondary N) is 2. The van der Waals surface area contributed by atoms with Gasteiger partial charge in [0.25, 0.3) is 0 Å². The van der Waals surface area contributed by atoms with Gasteiger partial charge in [-0.25, -0.2) is 14.1 Å². The summed E-state index contributed by atoms with van der Waals surface area (Å²) < 4.78 is 24.2. The number of nitrogens with zero attached hydrogens (tertiary/aromatic N) is 3. The monoisotopic (exact) mass is 644 g/mol. The van der Waals surface area contributed by atoms with Crippen LogP contribution in [0.25, 0.3) is 16.6 Å². The number of carbonyl (C=O) groups excluding carboxylic acids is 1. The maximum atomic E-state index is 13.9. The summed E-state index contributed by atoms with van der Waals surface area (Å²) in [6.45, 7) is 17.1. The lowest BCUT2D eigenvalue weighted by Gasteiger charge is -2.11. The van der Waals surface area contributed by atoms with Crippen LogP contribution in [0.4, 0.5) is 15.9 Å². The van der Waals surface area contributed by atoms with E-state index in [4.69, 9.17) is 22.1 Å². The van der Waals surface area contributed by atoms with Crippen LogP contribution in [-0.2, 0) is 0 Å². The molecule has 11 heteroatoms. The van der Waals surface area contributed by atoms with Crippen molar-refractivity contribution < 1.29 is 13.9 Å². The summed E-state index contributed by atoms with van der Waals surface area (Å²) in [5, 5.41) is 5.24. The second kappa shape index (κ2) is 20.2. The Bertz CT molecular complexity index is 1530. The molecule has 0 spiro atoms. The fourth-order valence-electron chi connectivity index (χ4n) is 3.74. The van der Waals surface area contributed by atoms with Crippen LogP contribution in [0, 0.1) is 6.92 Å². The van der Waals surface area contributed by atoms with E-state index in [9.17, 15) is 9.18 Å². The zero-order valence-electron chi connectivity index (χ0n) is 27.2. The number of allylic oxidation sites excluding steroid dienone is 3. The van der Waals surface area contributed by atoms with Crippen LogP contribution in [0.3, 0.4) is 0 Å². The molecule has 4 N–H and O–H groups in total. The van der Waals surface area contributed by atoms with E-state index in [1.807, 2.05) is 66.7 Å². The lowest BCUT2D eigenvalue weighted by Crippen LogP contribution is -2.09. The van der Waals surface area contributed by atoms with Crippen LogP contribution < -0.4 is 15.2 Å². The molecule has 44 heavy (non-hydrogen) atoms. The van der Waals surface area contributed by atoms with Crippen molar-refractivity contribution in [2.45, 2.75) is 68.7 Å². The number of aromatic amines is 1. The van der Waals surface area contributed by atoms with Crippen LogP contribution in [0.5, 0.6) is 5.88 Å². The number of H-pyrrole nitrogens is 1. The molecule has 1 aromatic carbocycles. The molecule has 0 saturated carbocycles. The highest BCUT2D eigenvalue weighted by Crippen LogP contribution is 2.27. The summed E-state index contributed by atoms with van der Waals surface area (Å²) in [5.74, 6) is 1.24. The normalized spacial score (nSPS) is 11.0. The Morgan fingerprint density at radius 3 is 2.43 bits per heavy atom. The van der Waals surface area contributed by atoms with Crippen molar-refractivity contribution in [2.24, 2.45) is 0 Å². The number of ether oxygens (including phenoxy) is 1. The average Bonchev–Trinajstić information content (AvgIpc) is 3.67. The molecule has 0 saturated heterocycles.